The first-order chi connectivity index (χ1) is 14.1. The molecule has 0 spiro atoms. The summed E-state index contributed by atoms with van der Waals surface area (Å²) in [5.74, 6) is -3.16. The highest BCUT2D eigenvalue weighted by Gasteiger charge is 2.18. The third kappa shape index (κ3) is 10.5. The van der Waals surface area contributed by atoms with Gasteiger partial charge >= 0.3 is 11.9 Å². The van der Waals surface area contributed by atoms with Crippen LogP contribution in [0.2, 0.25) is 0 Å². The Balaban J connectivity index is 0.000000423. The van der Waals surface area contributed by atoms with Crippen LogP contribution in [0.1, 0.15) is 54.3 Å². The predicted octanol–water partition coefficient (Wildman–Crippen LogP) is 3.50. The van der Waals surface area contributed by atoms with Crippen LogP contribution >= 0.6 is 0 Å². The van der Waals surface area contributed by atoms with Gasteiger partial charge in [0.1, 0.15) is 0 Å². The lowest BCUT2D eigenvalue weighted by Gasteiger charge is -2.21. The van der Waals surface area contributed by atoms with Crippen LogP contribution in [0.4, 0.5) is 0 Å². The van der Waals surface area contributed by atoms with E-state index < -0.39 is 17.7 Å². The Bertz CT molecular complexity index is 750. The van der Waals surface area contributed by atoms with Gasteiger partial charge in [0.05, 0.1) is 17.8 Å². The van der Waals surface area contributed by atoms with Crippen molar-refractivity contribution in [3.63, 3.8) is 0 Å². The molecule has 7 heteroatoms. The Hall–Kier alpha value is -3.03. The number of aromatic carboxylic acids is 1. The van der Waals surface area contributed by atoms with Crippen LogP contribution in [0.25, 0.3) is 0 Å². The zero-order valence-electron chi connectivity index (χ0n) is 17.4. The summed E-state index contributed by atoms with van der Waals surface area (Å²) in [6.45, 7) is 5.72. The number of ketones is 1. The van der Waals surface area contributed by atoms with E-state index in [9.17, 15) is 24.6 Å². The molecule has 2 rings (SSSR count). The molecule has 7 nitrogen and oxygen atoms in total. The summed E-state index contributed by atoms with van der Waals surface area (Å²) in [5.41, 5.74) is 0.539. The van der Waals surface area contributed by atoms with Crippen LogP contribution in [-0.4, -0.2) is 50.4 Å². The molecule has 0 amide bonds. The van der Waals surface area contributed by atoms with Crippen molar-refractivity contribution >= 4 is 17.7 Å². The van der Waals surface area contributed by atoms with Crippen LogP contribution < -0.4 is 0 Å². The van der Waals surface area contributed by atoms with E-state index in [0.29, 0.717) is 5.56 Å². The fourth-order valence-electron chi connectivity index (χ4n) is 2.29. The van der Waals surface area contributed by atoms with E-state index in [4.69, 9.17) is 10.2 Å². The van der Waals surface area contributed by atoms with Gasteiger partial charge in [-0.3, -0.25) is 4.79 Å². The number of aliphatic hydroxyl groups excluding tert-OH is 2. The minimum Gasteiger partial charge on any atom is -0.478 e. The minimum absolute atomic E-state index is 0.00926. The first-order valence-corrected chi connectivity index (χ1v) is 9.62. The zero-order valence-corrected chi connectivity index (χ0v) is 17.4. The van der Waals surface area contributed by atoms with Crippen molar-refractivity contribution in [2.24, 2.45) is 5.92 Å². The average Bonchev–Trinajstić information content (AvgIpc) is 2.78. The van der Waals surface area contributed by atoms with Crippen LogP contribution in [0.5, 0.6) is 0 Å². The van der Waals surface area contributed by atoms with Gasteiger partial charge in [-0.05, 0) is 25.0 Å². The maximum Gasteiger partial charge on any atom is 0.377 e. The maximum atomic E-state index is 10.7. The number of carboxylic acid groups (broad SMARTS) is 2. The third-order valence-corrected chi connectivity index (χ3v) is 4.30. The fraction of sp³-hybridized carbons (Fsp3) is 0.348. The minimum atomic E-state index is -1.42. The van der Waals surface area contributed by atoms with Crippen molar-refractivity contribution in [1.82, 2.24) is 0 Å². The molecule has 30 heavy (non-hydrogen) atoms. The van der Waals surface area contributed by atoms with Crippen LogP contribution in [0.3, 0.4) is 0 Å². The van der Waals surface area contributed by atoms with E-state index in [2.05, 4.69) is 0 Å². The van der Waals surface area contributed by atoms with Crippen molar-refractivity contribution in [1.29, 1.82) is 0 Å². The second-order valence-corrected chi connectivity index (χ2v) is 6.48. The molecule has 0 aliphatic heterocycles. The monoisotopic (exact) mass is 418 g/mol. The Morgan fingerprint density at radius 1 is 0.733 bits per heavy atom. The van der Waals surface area contributed by atoms with Gasteiger partial charge in [0.15, 0.2) is 0 Å². The van der Waals surface area contributed by atoms with Crippen LogP contribution in [0, 0.1) is 5.92 Å². The van der Waals surface area contributed by atoms with E-state index >= 15 is 0 Å². The number of carbonyl (C=O) groups is 3. The molecule has 0 bridgehead atoms. The number of aliphatic carboxylic acids is 1. The largest absolute Gasteiger partial charge is 0.478 e. The first kappa shape index (κ1) is 27.0. The molecule has 2 atom stereocenters. The zero-order chi connectivity index (χ0) is 23.1. The van der Waals surface area contributed by atoms with Gasteiger partial charge in [0.25, 0.3) is 5.78 Å². The van der Waals surface area contributed by atoms with Gasteiger partial charge in [-0.15, -0.1) is 0 Å². The molecule has 2 unspecified atom stereocenters. The summed E-state index contributed by atoms with van der Waals surface area (Å²) < 4.78 is 0. The summed E-state index contributed by atoms with van der Waals surface area (Å²) in [4.78, 5) is 31.1. The third-order valence-electron chi connectivity index (χ3n) is 4.30. The van der Waals surface area contributed by atoms with E-state index in [1.807, 2.05) is 20.8 Å². The number of rotatable bonds is 7. The Morgan fingerprint density at radius 3 is 1.37 bits per heavy atom. The smallest absolute Gasteiger partial charge is 0.377 e. The van der Waals surface area contributed by atoms with Gasteiger partial charge in [0, 0.05) is 11.5 Å². The molecule has 0 saturated carbocycles. The molecule has 2 aromatic rings. The molecule has 0 radical (unpaired) electrons. The highest BCUT2D eigenvalue weighted by molar-refractivity contribution is 6.39. The maximum absolute atomic E-state index is 10.7. The van der Waals surface area contributed by atoms with Gasteiger partial charge in [-0.1, -0.05) is 69.3 Å². The summed E-state index contributed by atoms with van der Waals surface area (Å²) in [7, 11) is 0. The summed E-state index contributed by atoms with van der Waals surface area (Å²) in [6, 6.07) is 16.2. The van der Waals surface area contributed by atoms with Gasteiger partial charge in [0.2, 0.25) is 0 Å². The summed E-state index contributed by atoms with van der Waals surface area (Å²) in [5, 5.41) is 35.2. The molecular formula is C23H30O7. The lowest BCUT2D eigenvalue weighted by molar-refractivity contribution is -0.131. The molecule has 0 aromatic heterocycles. The van der Waals surface area contributed by atoms with Gasteiger partial charge < -0.3 is 20.4 Å². The van der Waals surface area contributed by atoms with E-state index in [1.54, 1.807) is 48.5 Å². The van der Waals surface area contributed by atoms with Gasteiger partial charge in [-0.2, -0.15) is 0 Å². The number of hydrogen-bond donors (Lipinski definition) is 4. The van der Waals surface area contributed by atoms with Crippen molar-refractivity contribution in [2.45, 2.75) is 45.8 Å². The SMILES string of the molecule is CCC(O)C(C)C(O)CC.O=C(O)C(=O)c1ccccc1.O=C(O)c1ccccc1. The molecule has 4 N–H and O–H groups in total. The lowest BCUT2D eigenvalue weighted by atomic mass is 9.95. The molecule has 0 fully saturated rings. The Kier molecular flexibility index (Phi) is 13.4. The standard InChI is InChI=1S/C8H6O3.C8H18O2.C7H6O2/c9-7(8(10)11)6-4-2-1-3-5-6;1-4-7(9)6(3)8(10)5-2;8-7(9)6-4-2-1-3-5-6/h1-5H,(H,10,11);6-10H,4-5H2,1-3H3;1-5H,(H,8,9). The number of aliphatic hydroxyl groups is 2. The quantitative estimate of drug-likeness (QED) is 0.399. The number of hydrogen-bond acceptors (Lipinski definition) is 5. The molecular weight excluding hydrogens is 388 g/mol. The molecule has 0 heterocycles. The van der Waals surface area contributed by atoms with Gasteiger partial charge in [-0.25, -0.2) is 9.59 Å². The van der Waals surface area contributed by atoms with E-state index in [0.717, 1.165) is 12.8 Å². The summed E-state index contributed by atoms with van der Waals surface area (Å²) >= 11 is 0. The summed E-state index contributed by atoms with van der Waals surface area (Å²) in [6.07, 6.45) is 0.737. The average molecular weight is 418 g/mol. The molecule has 0 aliphatic rings. The van der Waals surface area contributed by atoms with Crippen molar-refractivity contribution in [3.05, 3.63) is 71.8 Å². The van der Waals surface area contributed by atoms with Crippen LogP contribution in [-0.2, 0) is 4.79 Å². The van der Waals surface area contributed by atoms with E-state index in [1.165, 1.54) is 12.1 Å². The number of benzene rings is 2. The fourth-order valence-corrected chi connectivity index (χ4v) is 2.29. The predicted molar refractivity (Wildman–Crippen MR) is 114 cm³/mol. The van der Waals surface area contributed by atoms with Crippen molar-refractivity contribution < 1.29 is 34.8 Å². The van der Waals surface area contributed by atoms with Crippen molar-refractivity contribution in [2.75, 3.05) is 0 Å². The number of Topliss-reactive ketones (excluding diaryl/α,β-unsaturated/α-hetero) is 1. The Morgan fingerprint density at radius 2 is 1.10 bits per heavy atom. The van der Waals surface area contributed by atoms with E-state index in [-0.39, 0.29) is 23.7 Å². The second kappa shape index (κ2) is 14.9. The number of carbonyl (C=O) groups excluding carboxylic acids is 1. The molecule has 0 aliphatic carbocycles. The van der Waals surface area contributed by atoms with Crippen LogP contribution in [0.15, 0.2) is 60.7 Å². The lowest BCUT2D eigenvalue weighted by Crippen LogP contribution is -2.28. The first-order valence-electron chi connectivity index (χ1n) is 9.62. The highest BCUT2D eigenvalue weighted by Crippen LogP contribution is 2.13. The number of carboxylic acids is 2. The second-order valence-electron chi connectivity index (χ2n) is 6.48. The topological polar surface area (TPSA) is 132 Å². The molecule has 164 valence electrons. The molecule has 2 aromatic carbocycles. The highest BCUT2D eigenvalue weighted by atomic mass is 16.4. The normalized spacial score (nSPS) is 12.7. The molecule has 0 saturated heterocycles. The Labute approximate surface area is 176 Å². The van der Waals surface area contributed by atoms with Crippen molar-refractivity contribution in [3.8, 4) is 0 Å².